The normalized spacial score (nSPS) is 25.3. The third-order valence-corrected chi connectivity index (χ3v) is 15.7. The maximum absolute atomic E-state index is 15.1. The Balaban J connectivity index is 1.33. The second kappa shape index (κ2) is 12.6. The fourth-order valence-corrected chi connectivity index (χ4v) is 8.87. The van der Waals surface area contributed by atoms with Crippen LogP contribution in [0, 0.1) is 17.3 Å². The van der Waals surface area contributed by atoms with E-state index < -0.39 is 42.8 Å². The molecule has 2 saturated carbocycles. The van der Waals surface area contributed by atoms with Crippen LogP contribution in [0.2, 0.25) is 18.1 Å². The Labute approximate surface area is 298 Å². The van der Waals surface area contributed by atoms with E-state index in [0.29, 0.717) is 6.61 Å². The van der Waals surface area contributed by atoms with Crippen molar-refractivity contribution in [2.75, 3.05) is 11.9 Å². The molecule has 2 aromatic carbocycles. The Morgan fingerprint density at radius 2 is 1.67 bits per heavy atom. The quantitative estimate of drug-likeness (QED) is 0.131. The Morgan fingerprint density at radius 1 is 1.04 bits per heavy atom. The van der Waals surface area contributed by atoms with Crippen LogP contribution < -0.4 is 10.9 Å². The van der Waals surface area contributed by atoms with Gasteiger partial charge < -0.3 is 18.6 Å². The number of rotatable bonds is 12. The molecule has 7 rings (SSSR count). The predicted molar refractivity (Wildman–Crippen MR) is 193 cm³/mol. The van der Waals surface area contributed by atoms with Crippen LogP contribution in [0.3, 0.4) is 0 Å². The summed E-state index contributed by atoms with van der Waals surface area (Å²) < 4.78 is 29.3. The van der Waals surface area contributed by atoms with Crippen molar-refractivity contribution < 1.29 is 28.2 Å². The summed E-state index contributed by atoms with van der Waals surface area (Å²) in [5.74, 6) is -3.11. The van der Waals surface area contributed by atoms with Gasteiger partial charge in [0.1, 0.15) is 11.5 Å². The van der Waals surface area contributed by atoms with Crippen LogP contribution in [0.5, 0.6) is 0 Å². The van der Waals surface area contributed by atoms with Gasteiger partial charge in [0.05, 0.1) is 31.6 Å². The van der Waals surface area contributed by atoms with E-state index in [1.807, 2.05) is 60.7 Å². The number of nitrogens with one attached hydrogen (secondary N) is 2. The van der Waals surface area contributed by atoms with Crippen molar-refractivity contribution in [3.05, 3.63) is 88.5 Å². The SMILES string of the molecule is CC(C)C(=O)Nc1nc2c(ncn2[C@@H]2O[C@]3(COCc4ccccc4)C(C2=O)C(OCc2ccccc2)(O[Si](C)(C)C(C)(C)C)C32CC2)c(=O)[nH]1. The number of hydrogen-bond donors (Lipinski definition) is 2. The van der Waals surface area contributed by atoms with Crippen molar-refractivity contribution in [1.82, 2.24) is 19.5 Å². The van der Waals surface area contributed by atoms with Crippen molar-refractivity contribution in [3.63, 3.8) is 0 Å². The second-order valence-corrected chi connectivity index (χ2v) is 20.7. The first-order valence-electron chi connectivity index (χ1n) is 17.6. The lowest BCUT2D eigenvalue weighted by atomic mass is 9.52. The number of fused-ring (bicyclic) bond motifs is 3. The zero-order valence-electron chi connectivity index (χ0n) is 30.3. The van der Waals surface area contributed by atoms with Crippen LogP contribution in [-0.4, -0.2) is 57.5 Å². The number of amides is 1. The molecule has 1 saturated heterocycles. The van der Waals surface area contributed by atoms with Gasteiger partial charge in [0, 0.05) is 5.92 Å². The number of ketones is 1. The number of ether oxygens (including phenoxy) is 3. The molecular weight excluding hydrogens is 667 g/mol. The summed E-state index contributed by atoms with van der Waals surface area (Å²) in [6, 6.07) is 19.8. The monoisotopic (exact) mass is 713 g/mol. The van der Waals surface area contributed by atoms with Gasteiger partial charge in [-0.1, -0.05) is 95.3 Å². The second-order valence-electron chi connectivity index (χ2n) is 15.9. The first-order chi connectivity index (χ1) is 24.1. The molecule has 12 nitrogen and oxygen atoms in total. The number of Topliss-reactive ketones (excluding diaryl/α,β-unsaturated/α-hetero) is 1. The molecule has 2 aromatic heterocycles. The van der Waals surface area contributed by atoms with E-state index in [9.17, 15) is 9.59 Å². The van der Waals surface area contributed by atoms with E-state index in [1.54, 1.807) is 13.8 Å². The van der Waals surface area contributed by atoms with Crippen LogP contribution in [0.15, 0.2) is 71.8 Å². The number of aromatic amines is 1. The summed E-state index contributed by atoms with van der Waals surface area (Å²) in [4.78, 5) is 52.2. The fraction of sp³-hybridized carbons (Fsp3) is 0.500. The number of imidazole rings is 1. The molecule has 4 aromatic rings. The van der Waals surface area contributed by atoms with Crippen LogP contribution in [-0.2, 0) is 41.4 Å². The zero-order chi connectivity index (χ0) is 36.4. The van der Waals surface area contributed by atoms with Gasteiger partial charge in [0.25, 0.3) is 5.56 Å². The largest absolute Gasteiger partial charge is 0.389 e. The number of H-pyrrole nitrogens is 1. The minimum atomic E-state index is -2.57. The molecular formula is C38H47N5O7Si. The molecule has 4 atom stereocenters. The van der Waals surface area contributed by atoms with Crippen molar-refractivity contribution in [1.29, 1.82) is 0 Å². The minimum absolute atomic E-state index is 0.0211. The number of carbonyl (C=O) groups is 2. The summed E-state index contributed by atoms with van der Waals surface area (Å²) in [6.45, 7) is 15.0. The molecule has 0 bridgehead atoms. The molecule has 3 fully saturated rings. The lowest BCUT2D eigenvalue weighted by Gasteiger charge is -2.65. The predicted octanol–water partition coefficient (Wildman–Crippen LogP) is 6.11. The molecule has 51 heavy (non-hydrogen) atoms. The van der Waals surface area contributed by atoms with Gasteiger partial charge in [-0.05, 0) is 42.1 Å². The van der Waals surface area contributed by atoms with E-state index in [1.165, 1.54) is 10.9 Å². The maximum atomic E-state index is 15.1. The number of aromatic nitrogens is 4. The van der Waals surface area contributed by atoms with Gasteiger partial charge in [0.2, 0.25) is 11.9 Å². The van der Waals surface area contributed by atoms with Gasteiger partial charge in [-0.15, -0.1) is 0 Å². The van der Waals surface area contributed by atoms with Crippen molar-refractivity contribution in [2.45, 2.75) is 96.4 Å². The lowest BCUT2D eigenvalue weighted by Crippen LogP contribution is -2.80. The average molecular weight is 714 g/mol. The molecule has 1 spiro atoms. The molecule has 3 heterocycles. The molecule has 270 valence electrons. The smallest absolute Gasteiger partial charge is 0.280 e. The van der Waals surface area contributed by atoms with E-state index in [-0.39, 0.29) is 53.0 Å². The van der Waals surface area contributed by atoms with Crippen molar-refractivity contribution in [3.8, 4) is 0 Å². The first kappa shape index (κ1) is 35.4. The van der Waals surface area contributed by atoms with Gasteiger partial charge >= 0.3 is 0 Å². The maximum Gasteiger partial charge on any atom is 0.280 e. The highest BCUT2D eigenvalue weighted by Crippen LogP contribution is 2.81. The number of hydrogen-bond acceptors (Lipinski definition) is 9. The Hall–Kier alpha value is -4.01. The molecule has 1 amide bonds. The highest BCUT2D eigenvalue weighted by atomic mass is 28.4. The average Bonchev–Trinajstić information content (AvgIpc) is 3.76. The highest BCUT2D eigenvalue weighted by Gasteiger charge is 2.93. The highest BCUT2D eigenvalue weighted by molar-refractivity contribution is 6.74. The van der Waals surface area contributed by atoms with Gasteiger partial charge in [0.15, 0.2) is 37.3 Å². The zero-order valence-corrected chi connectivity index (χ0v) is 31.3. The van der Waals surface area contributed by atoms with Crippen molar-refractivity contribution >= 4 is 37.1 Å². The summed E-state index contributed by atoms with van der Waals surface area (Å²) >= 11 is 0. The summed E-state index contributed by atoms with van der Waals surface area (Å²) in [7, 11) is -2.57. The fourth-order valence-electron chi connectivity index (χ4n) is 7.44. The molecule has 2 aliphatic carbocycles. The third kappa shape index (κ3) is 5.70. The van der Waals surface area contributed by atoms with E-state index in [2.05, 4.69) is 54.1 Å². The summed E-state index contributed by atoms with van der Waals surface area (Å²) in [5, 5.41) is 2.47. The van der Waals surface area contributed by atoms with Gasteiger partial charge in [-0.2, -0.15) is 4.98 Å². The van der Waals surface area contributed by atoms with Gasteiger partial charge in [-0.3, -0.25) is 29.3 Å². The summed E-state index contributed by atoms with van der Waals surface area (Å²) in [6.07, 6.45) is 1.63. The van der Waals surface area contributed by atoms with Crippen LogP contribution >= 0.6 is 0 Å². The third-order valence-electron chi connectivity index (χ3n) is 11.3. The lowest BCUT2D eigenvalue weighted by molar-refractivity contribution is -0.398. The Morgan fingerprint density at radius 3 is 2.25 bits per heavy atom. The van der Waals surface area contributed by atoms with E-state index >= 15 is 4.79 Å². The Kier molecular flexibility index (Phi) is 8.74. The van der Waals surface area contributed by atoms with Crippen LogP contribution in [0.1, 0.15) is 64.8 Å². The molecule has 0 radical (unpaired) electrons. The molecule has 2 unspecified atom stereocenters. The number of benzene rings is 2. The van der Waals surface area contributed by atoms with Crippen LogP contribution in [0.4, 0.5) is 5.95 Å². The molecule has 3 aliphatic rings. The first-order valence-corrected chi connectivity index (χ1v) is 20.5. The molecule has 13 heteroatoms. The molecule has 2 N–H and O–H groups in total. The molecule has 1 aliphatic heterocycles. The van der Waals surface area contributed by atoms with Gasteiger partial charge in [-0.25, -0.2) is 4.98 Å². The van der Waals surface area contributed by atoms with E-state index in [0.717, 1.165) is 24.0 Å². The van der Waals surface area contributed by atoms with Crippen LogP contribution in [0.25, 0.3) is 11.2 Å². The topological polar surface area (TPSA) is 147 Å². The standard InChI is InChI=1S/C38H47N5O7Si/c1-24(2)31(45)41-34-40-30-27(32(46)42-34)39-23-43(30)33-28(44)29-37(49-33,22-47-20-25-14-10-8-11-15-25)36(18-19-36)38(29,50-51(6,7)35(3,4)5)48-21-26-16-12-9-13-17-26/h8-17,23-24,29,33H,18-22H2,1-7H3,(H2,40,41,42,45,46)/t29?,33-,37-,38?/m1/s1. The minimum Gasteiger partial charge on any atom is -0.389 e. The van der Waals surface area contributed by atoms with Crippen molar-refractivity contribution in [2.24, 2.45) is 17.3 Å². The summed E-state index contributed by atoms with van der Waals surface area (Å²) in [5.41, 5.74) is -0.209. The Bertz CT molecular complexity index is 2000. The number of anilines is 1. The number of carbonyl (C=O) groups excluding carboxylic acids is 2. The van der Waals surface area contributed by atoms with E-state index in [4.69, 9.17) is 18.6 Å². The number of nitrogens with zero attached hydrogens (tertiary/aromatic N) is 3.